The summed E-state index contributed by atoms with van der Waals surface area (Å²) in [5.74, 6) is 1.35. The van der Waals surface area contributed by atoms with E-state index in [0.29, 0.717) is 18.0 Å². The van der Waals surface area contributed by atoms with E-state index in [9.17, 15) is 8.42 Å². The second kappa shape index (κ2) is 7.70. The summed E-state index contributed by atoms with van der Waals surface area (Å²) in [6.45, 7) is 0.571. The van der Waals surface area contributed by atoms with Gasteiger partial charge in [0.05, 0.1) is 20.2 Å². The number of hydrogen-bond acceptors (Lipinski definition) is 6. The van der Waals surface area contributed by atoms with Crippen LogP contribution in [0.15, 0.2) is 64.3 Å². The van der Waals surface area contributed by atoms with Crippen molar-refractivity contribution in [3.05, 3.63) is 71.5 Å². The lowest BCUT2D eigenvalue weighted by Crippen LogP contribution is -2.24. The van der Waals surface area contributed by atoms with E-state index in [-0.39, 0.29) is 10.8 Å². The number of aromatic nitrogens is 3. The molecule has 0 radical (unpaired) electrons. The highest BCUT2D eigenvalue weighted by Crippen LogP contribution is 2.20. The lowest BCUT2D eigenvalue weighted by atomic mass is 10.2. The van der Waals surface area contributed by atoms with E-state index >= 15 is 0 Å². The Bertz CT molecular complexity index is 1200. The summed E-state index contributed by atoms with van der Waals surface area (Å²) in [6.07, 6.45) is 1.70. The quantitative estimate of drug-likeness (QED) is 0.502. The molecule has 9 heteroatoms. The minimum Gasteiger partial charge on any atom is -0.497 e. The molecular weight excluding hydrogens is 396 g/mol. The Morgan fingerprint density at radius 1 is 1.18 bits per heavy atom. The van der Waals surface area contributed by atoms with Crippen LogP contribution >= 0.6 is 11.3 Å². The van der Waals surface area contributed by atoms with Crippen LogP contribution in [0.2, 0.25) is 0 Å². The Morgan fingerprint density at radius 2 is 2.07 bits per heavy atom. The third-order valence-electron chi connectivity index (χ3n) is 4.24. The lowest BCUT2D eigenvalue weighted by Gasteiger charge is -2.11. The van der Waals surface area contributed by atoms with Crippen molar-refractivity contribution >= 4 is 32.5 Å². The fourth-order valence-corrected chi connectivity index (χ4v) is 4.92. The molecule has 0 aliphatic carbocycles. The first kappa shape index (κ1) is 18.6. The molecule has 1 aromatic carbocycles. The van der Waals surface area contributed by atoms with Crippen LogP contribution in [0.4, 0.5) is 0 Å². The van der Waals surface area contributed by atoms with Gasteiger partial charge in [-0.3, -0.25) is 0 Å². The summed E-state index contributed by atoms with van der Waals surface area (Å²) < 4.78 is 35.1. The molecule has 0 aliphatic heterocycles. The fraction of sp³-hybridized carbons (Fsp3) is 0.158. The maximum Gasteiger partial charge on any atom is 0.250 e. The molecule has 1 N–H and O–H groups in total. The van der Waals surface area contributed by atoms with Crippen molar-refractivity contribution in [1.29, 1.82) is 0 Å². The van der Waals surface area contributed by atoms with E-state index in [2.05, 4.69) is 14.7 Å². The van der Waals surface area contributed by atoms with Crippen LogP contribution < -0.4 is 9.46 Å². The zero-order valence-electron chi connectivity index (χ0n) is 15.1. The largest absolute Gasteiger partial charge is 0.497 e. The van der Waals surface area contributed by atoms with Crippen LogP contribution in [-0.2, 0) is 23.1 Å². The number of benzene rings is 1. The van der Waals surface area contributed by atoms with Crippen molar-refractivity contribution in [1.82, 2.24) is 19.3 Å². The van der Waals surface area contributed by atoms with Crippen LogP contribution in [-0.4, -0.2) is 30.1 Å². The number of fused-ring (bicyclic) bond motifs is 1. The standard InChI is InChI=1S/C19H18N4O3S2/c1-26-15-6-2-5-14(11-15)13-23-17(22-16-7-3-9-20-19(16)23)12-21-28(24,25)18-8-4-10-27-18/h2-11,21H,12-13H2,1H3. The minimum atomic E-state index is -3.58. The molecular formula is C19H18N4O3S2. The second-order valence-corrected chi connectivity index (χ2v) is 9.01. The number of imidazole rings is 1. The van der Waals surface area contributed by atoms with Crippen LogP contribution in [0.25, 0.3) is 11.2 Å². The van der Waals surface area contributed by atoms with Gasteiger partial charge in [-0.2, -0.15) is 0 Å². The molecule has 0 fully saturated rings. The highest BCUT2D eigenvalue weighted by atomic mass is 32.2. The number of nitrogens with one attached hydrogen (secondary N) is 1. The normalized spacial score (nSPS) is 11.8. The van der Waals surface area contributed by atoms with Gasteiger partial charge in [-0.1, -0.05) is 18.2 Å². The molecule has 3 aromatic heterocycles. The maximum atomic E-state index is 12.5. The minimum absolute atomic E-state index is 0.0700. The van der Waals surface area contributed by atoms with Crippen molar-refractivity contribution in [2.24, 2.45) is 0 Å². The Hall–Kier alpha value is -2.75. The first-order chi connectivity index (χ1) is 13.6. The van der Waals surface area contributed by atoms with Gasteiger partial charge in [0.2, 0.25) is 10.0 Å². The summed E-state index contributed by atoms with van der Waals surface area (Å²) in [7, 11) is -1.96. The molecule has 4 rings (SSSR count). The molecule has 28 heavy (non-hydrogen) atoms. The number of hydrogen-bond donors (Lipinski definition) is 1. The van der Waals surface area contributed by atoms with E-state index in [1.807, 2.05) is 41.0 Å². The highest BCUT2D eigenvalue weighted by Gasteiger charge is 2.18. The number of methoxy groups -OCH3 is 1. The van der Waals surface area contributed by atoms with E-state index in [1.165, 1.54) is 11.3 Å². The Labute approximate surface area is 166 Å². The van der Waals surface area contributed by atoms with Crippen LogP contribution in [0, 0.1) is 0 Å². The molecule has 0 bridgehead atoms. The summed E-state index contributed by atoms with van der Waals surface area (Å²) >= 11 is 1.18. The van der Waals surface area contributed by atoms with E-state index in [0.717, 1.165) is 16.8 Å². The van der Waals surface area contributed by atoms with Gasteiger partial charge in [-0.05, 0) is 41.3 Å². The number of sulfonamides is 1. The molecule has 0 aliphatic rings. The van der Waals surface area contributed by atoms with Crippen molar-refractivity contribution in [3.63, 3.8) is 0 Å². The van der Waals surface area contributed by atoms with Gasteiger partial charge in [0.1, 0.15) is 21.3 Å². The summed E-state index contributed by atoms with van der Waals surface area (Å²) in [5.41, 5.74) is 2.43. The topological polar surface area (TPSA) is 86.1 Å². The van der Waals surface area contributed by atoms with Gasteiger partial charge in [-0.25, -0.2) is 23.1 Å². The monoisotopic (exact) mass is 414 g/mol. The molecule has 3 heterocycles. The predicted octanol–water partition coefficient (Wildman–Crippen LogP) is 3.03. The third-order valence-corrected chi connectivity index (χ3v) is 7.04. The van der Waals surface area contributed by atoms with Crippen LogP contribution in [0.5, 0.6) is 5.75 Å². The Kier molecular flexibility index (Phi) is 5.12. The molecule has 0 unspecified atom stereocenters. The summed E-state index contributed by atoms with van der Waals surface area (Å²) in [5, 5.41) is 1.73. The second-order valence-electron chi connectivity index (χ2n) is 6.07. The van der Waals surface area contributed by atoms with Crippen molar-refractivity contribution in [2.75, 3.05) is 7.11 Å². The molecule has 0 saturated carbocycles. The van der Waals surface area contributed by atoms with Gasteiger partial charge in [0, 0.05) is 6.20 Å². The molecule has 0 spiro atoms. The van der Waals surface area contributed by atoms with Gasteiger partial charge in [0.25, 0.3) is 0 Å². The van der Waals surface area contributed by atoms with Crippen molar-refractivity contribution in [2.45, 2.75) is 17.3 Å². The Morgan fingerprint density at radius 3 is 2.86 bits per heavy atom. The third kappa shape index (κ3) is 3.77. The zero-order chi connectivity index (χ0) is 19.6. The molecule has 0 saturated heterocycles. The average Bonchev–Trinajstić information content (AvgIpc) is 3.36. The first-order valence-electron chi connectivity index (χ1n) is 8.53. The summed E-state index contributed by atoms with van der Waals surface area (Å²) in [4.78, 5) is 9.01. The van der Waals surface area contributed by atoms with Crippen molar-refractivity contribution < 1.29 is 13.2 Å². The number of thiophene rings is 1. The molecule has 144 valence electrons. The Balaban J connectivity index is 1.67. The first-order valence-corrected chi connectivity index (χ1v) is 10.9. The van der Waals surface area contributed by atoms with Crippen molar-refractivity contribution in [3.8, 4) is 5.75 Å². The van der Waals surface area contributed by atoms with Gasteiger partial charge < -0.3 is 9.30 Å². The zero-order valence-corrected chi connectivity index (χ0v) is 16.7. The van der Waals surface area contributed by atoms with E-state index in [4.69, 9.17) is 4.74 Å². The number of pyridine rings is 1. The van der Waals surface area contributed by atoms with Crippen LogP contribution in [0.1, 0.15) is 11.4 Å². The van der Waals surface area contributed by atoms with Gasteiger partial charge in [0.15, 0.2) is 5.65 Å². The average molecular weight is 415 g/mol. The summed E-state index contributed by atoms with van der Waals surface area (Å²) in [6, 6.07) is 14.7. The lowest BCUT2D eigenvalue weighted by molar-refractivity contribution is 0.414. The van der Waals surface area contributed by atoms with Gasteiger partial charge in [-0.15, -0.1) is 11.3 Å². The maximum absolute atomic E-state index is 12.5. The molecule has 0 amide bonds. The fourth-order valence-electron chi connectivity index (χ4n) is 2.91. The SMILES string of the molecule is COc1cccc(Cn2c(CNS(=O)(=O)c3cccs3)nc3cccnc32)c1. The number of nitrogens with zero attached hydrogens (tertiary/aromatic N) is 3. The van der Waals surface area contributed by atoms with Gasteiger partial charge >= 0.3 is 0 Å². The smallest absolute Gasteiger partial charge is 0.250 e. The number of ether oxygens (including phenoxy) is 1. The highest BCUT2D eigenvalue weighted by molar-refractivity contribution is 7.91. The molecule has 0 atom stereocenters. The molecule has 4 aromatic rings. The van der Waals surface area contributed by atoms with E-state index < -0.39 is 10.0 Å². The predicted molar refractivity (Wildman–Crippen MR) is 108 cm³/mol. The number of rotatable bonds is 7. The van der Waals surface area contributed by atoms with Crippen LogP contribution in [0.3, 0.4) is 0 Å². The molecule has 7 nitrogen and oxygen atoms in total. The van der Waals surface area contributed by atoms with E-state index in [1.54, 1.807) is 30.8 Å².